The van der Waals surface area contributed by atoms with Crippen molar-refractivity contribution in [3.05, 3.63) is 45.7 Å². The molecule has 6 heteroatoms. The summed E-state index contributed by atoms with van der Waals surface area (Å²) in [6, 6.07) is 5.39. The van der Waals surface area contributed by atoms with Gasteiger partial charge in [0.15, 0.2) is 0 Å². The summed E-state index contributed by atoms with van der Waals surface area (Å²) in [5, 5.41) is 9.32. The third-order valence-electron chi connectivity index (χ3n) is 2.55. The minimum absolute atomic E-state index is 0.498. The zero-order chi connectivity index (χ0) is 13.3. The molecule has 4 nitrogen and oxygen atoms in total. The lowest BCUT2D eigenvalue weighted by Crippen LogP contribution is -2.29. The molecule has 0 aliphatic carbocycles. The van der Waals surface area contributed by atoms with Crippen LogP contribution in [0.3, 0.4) is 0 Å². The van der Waals surface area contributed by atoms with Crippen molar-refractivity contribution in [1.29, 1.82) is 0 Å². The van der Waals surface area contributed by atoms with E-state index in [0.717, 1.165) is 11.3 Å². The van der Waals surface area contributed by atoms with Crippen LogP contribution in [0.5, 0.6) is 0 Å². The molecule has 0 bridgehead atoms. The fraction of sp³-hybridized carbons (Fsp3) is 0.333. The zero-order valence-electron chi connectivity index (χ0n) is 10.2. The molecule has 0 spiro atoms. The minimum atomic E-state index is -0.498. The van der Waals surface area contributed by atoms with Gasteiger partial charge in [0.1, 0.15) is 5.69 Å². The maximum Gasteiger partial charge on any atom is 0.102 e. The van der Waals surface area contributed by atoms with Crippen LogP contribution >= 0.6 is 23.2 Å². The van der Waals surface area contributed by atoms with Crippen molar-refractivity contribution in [2.24, 2.45) is 5.73 Å². The van der Waals surface area contributed by atoms with E-state index in [1.54, 1.807) is 16.8 Å². The Hall–Kier alpha value is -1.10. The maximum absolute atomic E-state index is 6.11. The molecule has 1 aromatic carbocycles. The number of hydrogen-bond donors (Lipinski definition) is 1. The summed E-state index contributed by atoms with van der Waals surface area (Å²) >= 11 is 12.0. The highest BCUT2D eigenvalue weighted by Crippen LogP contribution is 2.22. The van der Waals surface area contributed by atoms with Crippen LogP contribution in [0.2, 0.25) is 10.0 Å². The van der Waals surface area contributed by atoms with Gasteiger partial charge in [-0.15, -0.1) is 5.10 Å². The van der Waals surface area contributed by atoms with Crippen LogP contribution in [0, 0.1) is 0 Å². The van der Waals surface area contributed by atoms with Crippen LogP contribution in [0.25, 0.3) is 0 Å². The van der Waals surface area contributed by atoms with E-state index in [4.69, 9.17) is 28.9 Å². The smallest absolute Gasteiger partial charge is 0.102 e. The highest BCUT2D eigenvalue weighted by Gasteiger charge is 2.18. The lowest BCUT2D eigenvalue weighted by Gasteiger charge is -2.13. The van der Waals surface area contributed by atoms with Crippen molar-refractivity contribution >= 4 is 23.2 Å². The maximum atomic E-state index is 6.11. The summed E-state index contributed by atoms with van der Waals surface area (Å²) in [6.45, 7) is 4.31. The number of halogens is 2. The molecule has 0 fully saturated rings. The zero-order valence-corrected chi connectivity index (χ0v) is 11.7. The van der Waals surface area contributed by atoms with Gasteiger partial charge in [0.05, 0.1) is 18.3 Å². The molecule has 2 rings (SSSR count). The second-order valence-electron chi connectivity index (χ2n) is 4.76. The molecule has 1 heterocycles. The Morgan fingerprint density at radius 1 is 1.33 bits per heavy atom. The summed E-state index contributed by atoms with van der Waals surface area (Å²) in [5.41, 5.74) is 7.14. The molecule has 0 unspecified atom stereocenters. The predicted molar refractivity (Wildman–Crippen MR) is 72.8 cm³/mol. The summed E-state index contributed by atoms with van der Waals surface area (Å²) in [6.07, 6.45) is 1.82. The topological polar surface area (TPSA) is 56.7 Å². The molecule has 18 heavy (non-hydrogen) atoms. The SMILES string of the molecule is CC(C)(N)c1cn(Cc2ccc(Cl)cc2Cl)nn1. The van der Waals surface area contributed by atoms with E-state index in [1.807, 2.05) is 26.1 Å². The third-order valence-corrected chi connectivity index (χ3v) is 3.13. The van der Waals surface area contributed by atoms with E-state index in [2.05, 4.69) is 10.3 Å². The normalized spacial score (nSPS) is 11.8. The number of hydrogen-bond acceptors (Lipinski definition) is 3. The van der Waals surface area contributed by atoms with Crippen molar-refractivity contribution < 1.29 is 0 Å². The van der Waals surface area contributed by atoms with Crippen molar-refractivity contribution in [1.82, 2.24) is 15.0 Å². The van der Waals surface area contributed by atoms with Gasteiger partial charge < -0.3 is 5.73 Å². The van der Waals surface area contributed by atoms with E-state index in [0.29, 0.717) is 16.6 Å². The van der Waals surface area contributed by atoms with Gasteiger partial charge in [-0.2, -0.15) is 0 Å². The molecule has 96 valence electrons. The van der Waals surface area contributed by atoms with Crippen LogP contribution in [0.15, 0.2) is 24.4 Å². The van der Waals surface area contributed by atoms with Gasteiger partial charge in [0, 0.05) is 10.0 Å². The number of aromatic nitrogens is 3. The van der Waals surface area contributed by atoms with Crippen LogP contribution < -0.4 is 5.73 Å². The molecule has 2 aromatic rings. The lowest BCUT2D eigenvalue weighted by molar-refractivity contribution is 0.533. The Morgan fingerprint density at radius 3 is 2.61 bits per heavy atom. The second kappa shape index (κ2) is 4.88. The average Bonchev–Trinajstić information content (AvgIpc) is 2.70. The van der Waals surface area contributed by atoms with Crippen molar-refractivity contribution in [2.45, 2.75) is 25.9 Å². The molecule has 0 aliphatic heterocycles. The van der Waals surface area contributed by atoms with E-state index in [9.17, 15) is 0 Å². The van der Waals surface area contributed by atoms with Crippen molar-refractivity contribution in [3.63, 3.8) is 0 Å². The highest BCUT2D eigenvalue weighted by molar-refractivity contribution is 6.35. The van der Waals surface area contributed by atoms with Gasteiger partial charge in [-0.1, -0.05) is 34.5 Å². The first kappa shape index (κ1) is 13.3. The van der Waals surface area contributed by atoms with Gasteiger partial charge in [-0.25, -0.2) is 4.68 Å². The van der Waals surface area contributed by atoms with Crippen molar-refractivity contribution in [2.75, 3.05) is 0 Å². The molecular weight excluding hydrogens is 271 g/mol. The predicted octanol–water partition coefficient (Wildman–Crippen LogP) is 2.83. The van der Waals surface area contributed by atoms with Crippen LogP contribution in [-0.4, -0.2) is 15.0 Å². The van der Waals surface area contributed by atoms with Gasteiger partial charge in [-0.3, -0.25) is 0 Å². The average molecular weight is 285 g/mol. The molecule has 0 atom stereocenters. The van der Waals surface area contributed by atoms with Gasteiger partial charge >= 0.3 is 0 Å². The van der Waals surface area contributed by atoms with Crippen LogP contribution in [-0.2, 0) is 12.1 Å². The van der Waals surface area contributed by atoms with E-state index in [-0.39, 0.29) is 0 Å². The molecule has 0 radical (unpaired) electrons. The second-order valence-corrected chi connectivity index (χ2v) is 5.60. The Kier molecular flexibility index (Phi) is 3.61. The van der Waals surface area contributed by atoms with Crippen LogP contribution in [0.1, 0.15) is 25.1 Å². The summed E-state index contributed by atoms with van der Waals surface area (Å²) < 4.78 is 1.71. The Bertz CT molecular complexity index is 557. The minimum Gasteiger partial charge on any atom is -0.320 e. The van der Waals surface area contributed by atoms with E-state index >= 15 is 0 Å². The third kappa shape index (κ3) is 3.02. The highest BCUT2D eigenvalue weighted by atomic mass is 35.5. The summed E-state index contributed by atoms with van der Waals surface area (Å²) in [7, 11) is 0. The molecular formula is C12H14Cl2N4. The van der Waals surface area contributed by atoms with Gasteiger partial charge in [0.25, 0.3) is 0 Å². The molecule has 0 saturated heterocycles. The number of nitrogens with two attached hydrogens (primary N) is 1. The molecule has 0 saturated carbocycles. The first-order chi connectivity index (χ1) is 8.36. The first-order valence-corrected chi connectivity index (χ1v) is 6.25. The first-order valence-electron chi connectivity index (χ1n) is 5.49. The van der Waals surface area contributed by atoms with Crippen molar-refractivity contribution in [3.8, 4) is 0 Å². The summed E-state index contributed by atoms with van der Waals surface area (Å²) in [4.78, 5) is 0. The van der Waals surface area contributed by atoms with Gasteiger partial charge in [0.2, 0.25) is 0 Å². The molecule has 1 aromatic heterocycles. The standard InChI is InChI=1S/C12H14Cl2N4/c1-12(2,15)11-7-18(17-16-11)6-8-3-4-9(13)5-10(8)14/h3-5,7H,6,15H2,1-2H3. The number of nitrogens with zero attached hydrogens (tertiary/aromatic N) is 3. The fourth-order valence-corrected chi connectivity index (χ4v) is 1.96. The molecule has 2 N–H and O–H groups in total. The van der Waals surface area contributed by atoms with Gasteiger partial charge in [-0.05, 0) is 31.5 Å². The number of benzene rings is 1. The Morgan fingerprint density at radius 2 is 2.06 bits per heavy atom. The quantitative estimate of drug-likeness (QED) is 0.943. The Balaban J connectivity index is 2.21. The van der Waals surface area contributed by atoms with E-state index in [1.165, 1.54) is 0 Å². The largest absolute Gasteiger partial charge is 0.320 e. The van der Waals surface area contributed by atoms with Crippen LogP contribution in [0.4, 0.5) is 0 Å². The monoisotopic (exact) mass is 284 g/mol. The summed E-state index contributed by atoms with van der Waals surface area (Å²) in [5.74, 6) is 0. The molecule has 0 amide bonds. The fourth-order valence-electron chi connectivity index (χ4n) is 1.50. The lowest BCUT2D eigenvalue weighted by atomic mass is 10.0. The Labute approximate surface area is 116 Å². The van der Waals surface area contributed by atoms with E-state index < -0.39 is 5.54 Å². The molecule has 0 aliphatic rings. The number of rotatable bonds is 3.